The third-order valence-electron chi connectivity index (χ3n) is 3.61. The molecule has 1 aromatic heterocycles. The van der Waals surface area contributed by atoms with Gasteiger partial charge in [0.2, 0.25) is 0 Å². The summed E-state index contributed by atoms with van der Waals surface area (Å²) in [4.78, 5) is 39.6. The maximum absolute atomic E-state index is 12.7. The fraction of sp³-hybridized carbons (Fsp3) is 0.278. The minimum absolute atomic E-state index is 0.0250. The second kappa shape index (κ2) is 8.10. The average Bonchev–Trinajstić information content (AvgIpc) is 2.54. The van der Waals surface area contributed by atoms with Crippen LogP contribution in [0.1, 0.15) is 34.5 Å². The number of nitrogens with one attached hydrogen (secondary N) is 1. The van der Waals surface area contributed by atoms with Crippen molar-refractivity contribution >= 4 is 11.9 Å². The topological polar surface area (TPSA) is 90.5 Å². The molecule has 0 bridgehead atoms. The number of amides is 1. The van der Waals surface area contributed by atoms with Crippen molar-refractivity contribution in [1.82, 2.24) is 9.88 Å². The largest absolute Gasteiger partial charge is 0.481 e. The molecule has 0 aliphatic carbocycles. The van der Waals surface area contributed by atoms with Crippen LogP contribution < -0.4 is 5.56 Å². The zero-order valence-electron chi connectivity index (χ0n) is 13.5. The first-order valence-corrected chi connectivity index (χ1v) is 7.72. The SMILES string of the molecule is Cc1ccc(C(=O)N(CCCC(=O)O)Cc2ccccc2)c(=O)[nH]1. The molecule has 0 unspecified atom stereocenters. The summed E-state index contributed by atoms with van der Waals surface area (Å²) in [5.74, 6) is -1.30. The highest BCUT2D eigenvalue weighted by atomic mass is 16.4. The Morgan fingerprint density at radius 2 is 1.83 bits per heavy atom. The number of carboxylic acids is 1. The Morgan fingerprint density at radius 3 is 2.46 bits per heavy atom. The first-order valence-electron chi connectivity index (χ1n) is 7.72. The van der Waals surface area contributed by atoms with Gasteiger partial charge in [0, 0.05) is 25.2 Å². The first-order chi connectivity index (χ1) is 11.5. The molecule has 0 saturated carbocycles. The molecule has 2 rings (SSSR count). The predicted octanol–water partition coefficient (Wildman–Crippen LogP) is 2.19. The molecule has 0 aliphatic heterocycles. The summed E-state index contributed by atoms with van der Waals surface area (Å²) in [6.07, 6.45) is 0.306. The molecular formula is C18H20N2O4. The van der Waals surface area contributed by atoms with Crippen molar-refractivity contribution in [3.63, 3.8) is 0 Å². The van der Waals surface area contributed by atoms with Gasteiger partial charge in [-0.3, -0.25) is 14.4 Å². The number of benzene rings is 1. The molecule has 0 radical (unpaired) electrons. The van der Waals surface area contributed by atoms with Crippen LogP contribution in [-0.4, -0.2) is 33.4 Å². The predicted molar refractivity (Wildman–Crippen MR) is 89.9 cm³/mol. The summed E-state index contributed by atoms with van der Waals surface area (Å²) < 4.78 is 0. The van der Waals surface area contributed by atoms with E-state index in [9.17, 15) is 14.4 Å². The van der Waals surface area contributed by atoms with Crippen LogP contribution in [0.5, 0.6) is 0 Å². The number of aryl methyl sites for hydroxylation is 1. The lowest BCUT2D eigenvalue weighted by atomic mass is 10.1. The molecule has 1 heterocycles. The third kappa shape index (κ3) is 4.81. The third-order valence-corrected chi connectivity index (χ3v) is 3.61. The van der Waals surface area contributed by atoms with Crippen molar-refractivity contribution in [3.8, 4) is 0 Å². The minimum atomic E-state index is -0.907. The summed E-state index contributed by atoms with van der Waals surface area (Å²) in [5.41, 5.74) is 1.23. The molecule has 2 N–H and O–H groups in total. The van der Waals surface area contributed by atoms with Gasteiger partial charge in [0.25, 0.3) is 11.5 Å². The van der Waals surface area contributed by atoms with Crippen molar-refractivity contribution < 1.29 is 14.7 Å². The quantitative estimate of drug-likeness (QED) is 0.815. The molecule has 126 valence electrons. The molecule has 2 aromatic rings. The van der Waals surface area contributed by atoms with Crippen LogP contribution in [0.25, 0.3) is 0 Å². The van der Waals surface area contributed by atoms with Gasteiger partial charge in [-0.05, 0) is 31.0 Å². The van der Waals surface area contributed by atoms with Crippen molar-refractivity contribution in [1.29, 1.82) is 0 Å². The van der Waals surface area contributed by atoms with Gasteiger partial charge < -0.3 is 15.0 Å². The van der Waals surface area contributed by atoms with Gasteiger partial charge in [-0.2, -0.15) is 0 Å². The summed E-state index contributed by atoms with van der Waals surface area (Å²) >= 11 is 0. The molecule has 6 heteroatoms. The van der Waals surface area contributed by atoms with E-state index < -0.39 is 17.4 Å². The highest BCUT2D eigenvalue weighted by molar-refractivity contribution is 5.93. The Bertz CT molecular complexity index is 768. The number of H-pyrrole nitrogens is 1. The van der Waals surface area contributed by atoms with Gasteiger partial charge in [0.1, 0.15) is 5.56 Å². The lowest BCUT2D eigenvalue weighted by Gasteiger charge is -2.22. The van der Waals surface area contributed by atoms with Crippen molar-refractivity contribution in [2.24, 2.45) is 0 Å². The summed E-state index contributed by atoms with van der Waals surface area (Å²) in [6, 6.07) is 12.6. The molecule has 1 aromatic carbocycles. The molecule has 1 amide bonds. The Hall–Kier alpha value is -2.89. The Labute approximate surface area is 139 Å². The van der Waals surface area contributed by atoms with E-state index in [2.05, 4.69) is 4.98 Å². The highest BCUT2D eigenvalue weighted by Gasteiger charge is 2.19. The first kappa shape index (κ1) is 17.5. The molecule has 0 saturated heterocycles. The fourth-order valence-corrected chi connectivity index (χ4v) is 2.39. The van der Waals surface area contributed by atoms with E-state index in [1.165, 1.54) is 11.0 Å². The number of carbonyl (C=O) groups excluding carboxylic acids is 1. The van der Waals surface area contributed by atoms with Gasteiger partial charge in [-0.1, -0.05) is 30.3 Å². The smallest absolute Gasteiger partial charge is 0.303 e. The Balaban J connectivity index is 2.21. The van der Waals surface area contributed by atoms with E-state index in [-0.39, 0.29) is 18.5 Å². The summed E-state index contributed by atoms with van der Waals surface area (Å²) in [5, 5.41) is 8.79. The van der Waals surface area contributed by atoms with E-state index in [1.807, 2.05) is 30.3 Å². The maximum Gasteiger partial charge on any atom is 0.303 e. The summed E-state index contributed by atoms with van der Waals surface area (Å²) in [7, 11) is 0. The number of aromatic nitrogens is 1. The minimum Gasteiger partial charge on any atom is -0.481 e. The van der Waals surface area contributed by atoms with Crippen LogP contribution in [0.15, 0.2) is 47.3 Å². The monoisotopic (exact) mass is 328 g/mol. The zero-order valence-corrected chi connectivity index (χ0v) is 13.5. The number of aliphatic carboxylic acids is 1. The highest BCUT2D eigenvalue weighted by Crippen LogP contribution is 2.10. The number of hydrogen-bond donors (Lipinski definition) is 2. The van der Waals surface area contributed by atoms with Crippen LogP contribution in [0.4, 0.5) is 0 Å². The van der Waals surface area contributed by atoms with Gasteiger partial charge in [-0.25, -0.2) is 0 Å². The number of carbonyl (C=O) groups is 2. The zero-order chi connectivity index (χ0) is 17.5. The molecule has 24 heavy (non-hydrogen) atoms. The molecule has 0 fully saturated rings. The van der Waals surface area contributed by atoms with Gasteiger partial charge in [0.15, 0.2) is 0 Å². The Morgan fingerprint density at radius 1 is 1.12 bits per heavy atom. The number of rotatable bonds is 7. The van der Waals surface area contributed by atoms with Crippen molar-refractivity contribution in [2.75, 3.05) is 6.54 Å². The van der Waals surface area contributed by atoms with E-state index >= 15 is 0 Å². The standard InChI is InChI=1S/C18H20N2O4/c1-13-9-10-15(17(23)19-13)18(24)20(11-5-8-16(21)22)12-14-6-3-2-4-7-14/h2-4,6-7,9-10H,5,8,11-12H2,1H3,(H,19,23)(H,21,22). The van der Waals surface area contributed by atoms with Crippen LogP contribution in [0, 0.1) is 6.92 Å². The second-order valence-electron chi connectivity index (χ2n) is 5.59. The number of nitrogens with zero attached hydrogens (tertiary/aromatic N) is 1. The molecular weight excluding hydrogens is 308 g/mol. The molecule has 0 atom stereocenters. The number of carboxylic acid groups (broad SMARTS) is 1. The van der Waals surface area contributed by atoms with Gasteiger partial charge >= 0.3 is 5.97 Å². The van der Waals surface area contributed by atoms with E-state index in [4.69, 9.17) is 5.11 Å². The van der Waals surface area contributed by atoms with Crippen LogP contribution in [-0.2, 0) is 11.3 Å². The maximum atomic E-state index is 12.7. The molecule has 6 nitrogen and oxygen atoms in total. The molecule has 0 aliphatic rings. The van der Waals surface area contributed by atoms with E-state index in [1.54, 1.807) is 13.0 Å². The normalized spacial score (nSPS) is 10.4. The van der Waals surface area contributed by atoms with Crippen LogP contribution >= 0.6 is 0 Å². The number of hydrogen-bond acceptors (Lipinski definition) is 3. The average molecular weight is 328 g/mol. The number of pyridine rings is 1. The van der Waals surface area contributed by atoms with E-state index in [0.29, 0.717) is 18.7 Å². The summed E-state index contributed by atoms with van der Waals surface area (Å²) in [6.45, 7) is 2.34. The van der Waals surface area contributed by atoms with Gasteiger partial charge in [0.05, 0.1) is 0 Å². The van der Waals surface area contributed by atoms with E-state index in [0.717, 1.165) is 5.56 Å². The van der Waals surface area contributed by atoms with Gasteiger partial charge in [-0.15, -0.1) is 0 Å². The fourth-order valence-electron chi connectivity index (χ4n) is 2.39. The lowest BCUT2D eigenvalue weighted by molar-refractivity contribution is -0.137. The van der Waals surface area contributed by atoms with Crippen molar-refractivity contribution in [2.45, 2.75) is 26.3 Å². The lowest BCUT2D eigenvalue weighted by Crippen LogP contribution is -2.35. The second-order valence-corrected chi connectivity index (χ2v) is 5.59. The van der Waals surface area contributed by atoms with Crippen LogP contribution in [0.3, 0.4) is 0 Å². The number of aromatic amines is 1. The Kier molecular flexibility index (Phi) is 5.89. The van der Waals surface area contributed by atoms with Crippen molar-refractivity contribution in [3.05, 3.63) is 69.6 Å². The molecule has 0 spiro atoms. The van der Waals surface area contributed by atoms with Crippen LogP contribution in [0.2, 0.25) is 0 Å².